The maximum absolute atomic E-state index is 15.2. The summed E-state index contributed by atoms with van der Waals surface area (Å²) in [5.74, 6) is -2.42. The molecule has 2 aromatic heterocycles. The molecule has 0 spiro atoms. The molecule has 0 unspecified atom stereocenters. The number of nitrogens with two attached hydrogens (primary N) is 1. The highest BCUT2D eigenvalue weighted by Crippen LogP contribution is 2.37. The van der Waals surface area contributed by atoms with Crippen molar-refractivity contribution in [3.63, 3.8) is 0 Å². The Hall–Kier alpha value is -3.79. The number of pyridine rings is 1. The third kappa shape index (κ3) is 4.91. The van der Waals surface area contributed by atoms with E-state index in [1.54, 1.807) is 18.2 Å². The lowest BCUT2D eigenvalue weighted by Gasteiger charge is -2.09. The van der Waals surface area contributed by atoms with Gasteiger partial charge >= 0.3 is 6.18 Å². The van der Waals surface area contributed by atoms with Gasteiger partial charge in [0.2, 0.25) is 5.91 Å². The molecule has 0 saturated heterocycles. The standard InChI is InChI=1S/C24H17F4N3O2S/c25-20-17(23(33)31-12-19(29)32)7-8-30-21(20)18-6-2-4-14-11-16(34-22(14)18)10-13-3-1-5-15(9-13)24(26,27)28/h1-9,11H,10,12H2,(H2,29,32)(H,31,33). The van der Waals surface area contributed by atoms with Crippen LogP contribution in [0, 0.1) is 5.82 Å². The molecule has 0 aliphatic carbocycles. The van der Waals surface area contributed by atoms with Crippen LogP contribution < -0.4 is 11.1 Å². The predicted molar refractivity (Wildman–Crippen MR) is 121 cm³/mol. The number of nitrogens with zero attached hydrogens (tertiary/aromatic N) is 1. The minimum absolute atomic E-state index is 0.0511. The number of nitrogens with one attached hydrogen (secondary N) is 1. The van der Waals surface area contributed by atoms with Gasteiger partial charge in [0.05, 0.1) is 17.7 Å². The van der Waals surface area contributed by atoms with Crippen molar-refractivity contribution in [2.75, 3.05) is 6.54 Å². The average Bonchev–Trinajstić information content (AvgIpc) is 3.20. The van der Waals surface area contributed by atoms with Crippen molar-refractivity contribution in [3.05, 3.63) is 88.2 Å². The summed E-state index contributed by atoms with van der Waals surface area (Å²) in [6.45, 7) is -0.435. The quantitative estimate of drug-likeness (QED) is 0.379. The number of hydrogen-bond acceptors (Lipinski definition) is 4. The van der Waals surface area contributed by atoms with Crippen LogP contribution in [0.15, 0.2) is 60.8 Å². The molecule has 10 heteroatoms. The molecule has 2 amide bonds. The lowest BCUT2D eigenvalue weighted by atomic mass is 10.0. The van der Waals surface area contributed by atoms with Gasteiger partial charge in [-0.1, -0.05) is 36.4 Å². The van der Waals surface area contributed by atoms with E-state index in [0.717, 1.165) is 22.4 Å². The van der Waals surface area contributed by atoms with Crippen LogP contribution in [0.1, 0.15) is 26.4 Å². The van der Waals surface area contributed by atoms with Gasteiger partial charge in [0.1, 0.15) is 5.69 Å². The summed E-state index contributed by atoms with van der Waals surface area (Å²) in [7, 11) is 0. The Morgan fingerprint density at radius 1 is 1.06 bits per heavy atom. The van der Waals surface area contributed by atoms with Gasteiger partial charge in [-0.3, -0.25) is 14.6 Å². The van der Waals surface area contributed by atoms with Gasteiger partial charge in [-0.2, -0.15) is 13.2 Å². The summed E-state index contributed by atoms with van der Waals surface area (Å²) in [5.41, 5.74) is 4.90. The van der Waals surface area contributed by atoms with E-state index in [9.17, 15) is 22.8 Å². The maximum atomic E-state index is 15.2. The molecule has 0 aliphatic rings. The lowest BCUT2D eigenvalue weighted by molar-refractivity contribution is -0.137. The number of primary amides is 1. The lowest BCUT2D eigenvalue weighted by Crippen LogP contribution is -2.33. The van der Waals surface area contributed by atoms with Crippen LogP contribution in [-0.2, 0) is 17.4 Å². The molecule has 4 rings (SSSR count). The fourth-order valence-electron chi connectivity index (χ4n) is 3.52. The van der Waals surface area contributed by atoms with E-state index in [1.165, 1.54) is 29.7 Å². The first-order valence-corrected chi connectivity index (χ1v) is 10.8. The molecular formula is C24H17F4N3O2S. The number of rotatable bonds is 6. The normalized spacial score (nSPS) is 11.5. The number of thiophene rings is 1. The second-order valence-corrected chi connectivity index (χ2v) is 8.62. The summed E-state index contributed by atoms with van der Waals surface area (Å²) in [4.78, 5) is 28.1. The van der Waals surface area contributed by atoms with Gasteiger partial charge in [-0.05, 0) is 29.1 Å². The van der Waals surface area contributed by atoms with Crippen molar-refractivity contribution in [2.24, 2.45) is 5.73 Å². The van der Waals surface area contributed by atoms with Crippen molar-refractivity contribution in [2.45, 2.75) is 12.6 Å². The van der Waals surface area contributed by atoms with Crippen LogP contribution in [0.4, 0.5) is 17.6 Å². The number of aromatic nitrogens is 1. The third-order valence-electron chi connectivity index (χ3n) is 5.04. The molecule has 3 N–H and O–H groups in total. The minimum atomic E-state index is -4.43. The zero-order valence-electron chi connectivity index (χ0n) is 17.4. The molecule has 0 saturated carbocycles. The van der Waals surface area contributed by atoms with E-state index in [-0.39, 0.29) is 17.7 Å². The van der Waals surface area contributed by atoms with Gasteiger partial charge < -0.3 is 11.1 Å². The molecule has 0 aliphatic heterocycles. The maximum Gasteiger partial charge on any atom is 0.416 e. The summed E-state index contributed by atoms with van der Waals surface area (Å²) in [5, 5.41) is 3.02. The van der Waals surface area contributed by atoms with Crippen LogP contribution in [0.25, 0.3) is 21.3 Å². The van der Waals surface area contributed by atoms with E-state index in [1.807, 2.05) is 12.1 Å². The predicted octanol–water partition coefficient (Wildman–Crippen LogP) is 4.93. The largest absolute Gasteiger partial charge is 0.416 e. The Kier molecular flexibility index (Phi) is 6.34. The monoisotopic (exact) mass is 487 g/mol. The molecule has 0 radical (unpaired) electrons. The van der Waals surface area contributed by atoms with E-state index in [4.69, 9.17) is 5.73 Å². The highest BCUT2D eigenvalue weighted by atomic mass is 32.1. The number of halogens is 4. The van der Waals surface area contributed by atoms with Crippen molar-refractivity contribution < 1.29 is 27.2 Å². The second kappa shape index (κ2) is 9.22. The van der Waals surface area contributed by atoms with Crippen LogP contribution in [0.2, 0.25) is 0 Å². The number of carbonyl (C=O) groups excluding carboxylic acids is 2. The van der Waals surface area contributed by atoms with Crippen molar-refractivity contribution in [3.8, 4) is 11.3 Å². The number of amides is 2. The van der Waals surface area contributed by atoms with E-state index >= 15 is 4.39 Å². The summed E-state index contributed by atoms with van der Waals surface area (Å²) < 4.78 is 55.0. The van der Waals surface area contributed by atoms with E-state index in [2.05, 4.69) is 10.3 Å². The molecule has 0 bridgehead atoms. The Bertz CT molecular complexity index is 1400. The summed E-state index contributed by atoms with van der Waals surface area (Å²) in [6, 6.07) is 13.3. The Morgan fingerprint density at radius 3 is 2.56 bits per heavy atom. The minimum Gasteiger partial charge on any atom is -0.368 e. The van der Waals surface area contributed by atoms with Gasteiger partial charge in [0.15, 0.2) is 5.82 Å². The van der Waals surface area contributed by atoms with Crippen molar-refractivity contribution in [1.29, 1.82) is 0 Å². The van der Waals surface area contributed by atoms with Gasteiger partial charge in [0.25, 0.3) is 5.91 Å². The first-order chi connectivity index (χ1) is 16.1. The van der Waals surface area contributed by atoms with Crippen LogP contribution in [-0.4, -0.2) is 23.3 Å². The molecule has 34 heavy (non-hydrogen) atoms. The first-order valence-electron chi connectivity index (χ1n) is 10.0. The van der Waals surface area contributed by atoms with Crippen LogP contribution in [0.3, 0.4) is 0 Å². The Balaban J connectivity index is 1.69. The Labute approximate surface area is 195 Å². The average molecular weight is 487 g/mol. The van der Waals surface area contributed by atoms with E-state index in [0.29, 0.717) is 15.8 Å². The molecule has 2 aromatic carbocycles. The van der Waals surface area contributed by atoms with Gasteiger partial charge in [-0.15, -0.1) is 11.3 Å². The second-order valence-electron chi connectivity index (χ2n) is 7.48. The van der Waals surface area contributed by atoms with Crippen molar-refractivity contribution in [1.82, 2.24) is 10.3 Å². The van der Waals surface area contributed by atoms with E-state index < -0.39 is 35.9 Å². The molecule has 0 fully saturated rings. The molecule has 174 valence electrons. The highest BCUT2D eigenvalue weighted by Gasteiger charge is 2.30. The van der Waals surface area contributed by atoms with Gasteiger partial charge in [0, 0.05) is 27.8 Å². The first kappa shape index (κ1) is 23.4. The zero-order valence-corrected chi connectivity index (χ0v) is 18.3. The highest BCUT2D eigenvalue weighted by molar-refractivity contribution is 7.19. The molecule has 0 atom stereocenters. The van der Waals surface area contributed by atoms with Crippen molar-refractivity contribution >= 4 is 33.2 Å². The fraction of sp³-hybridized carbons (Fsp3) is 0.125. The van der Waals surface area contributed by atoms with Crippen LogP contribution >= 0.6 is 11.3 Å². The summed E-state index contributed by atoms with van der Waals surface area (Å²) in [6.07, 6.45) is -2.87. The molecular weight excluding hydrogens is 470 g/mol. The Morgan fingerprint density at radius 2 is 1.82 bits per heavy atom. The molecule has 2 heterocycles. The third-order valence-corrected chi connectivity index (χ3v) is 6.22. The van der Waals surface area contributed by atoms with Gasteiger partial charge in [-0.25, -0.2) is 4.39 Å². The van der Waals surface area contributed by atoms with Crippen LogP contribution in [0.5, 0.6) is 0 Å². The number of alkyl halides is 3. The topological polar surface area (TPSA) is 85.1 Å². The SMILES string of the molecule is NC(=O)CNC(=O)c1ccnc(-c2cccc3cc(Cc4cccc(C(F)(F)F)c4)sc23)c1F. The zero-order chi connectivity index (χ0) is 24.5. The number of benzene rings is 2. The number of hydrogen-bond donors (Lipinski definition) is 2. The number of fused-ring (bicyclic) bond motifs is 1. The molecule has 5 nitrogen and oxygen atoms in total. The molecule has 4 aromatic rings. The smallest absolute Gasteiger partial charge is 0.368 e. The fourth-order valence-corrected chi connectivity index (χ4v) is 4.72. The summed E-state index contributed by atoms with van der Waals surface area (Å²) >= 11 is 1.31. The number of carbonyl (C=O) groups is 2.